The molecule has 2 saturated heterocycles. The molecule has 2 aliphatic heterocycles. The molecule has 1 saturated carbocycles. The van der Waals surface area contributed by atoms with Gasteiger partial charge in [0, 0.05) is 18.5 Å². The van der Waals surface area contributed by atoms with Crippen molar-refractivity contribution in [3.05, 3.63) is 29.8 Å². The van der Waals surface area contributed by atoms with Crippen LogP contribution >= 0.6 is 0 Å². The van der Waals surface area contributed by atoms with Gasteiger partial charge in [0.15, 0.2) is 0 Å². The molecule has 2 bridgehead atoms. The summed E-state index contributed by atoms with van der Waals surface area (Å²) in [7, 11) is 0. The first-order chi connectivity index (χ1) is 7.74. The maximum Gasteiger partial charge on any atom is 0.226 e. The number of carbonyl (C=O) groups is 1. The third-order valence-electron chi connectivity index (χ3n) is 3.76. The van der Waals surface area contributed by atoms with Crippen molar-refractivity contribution in [3.8, 4) is 5.75 Å². The van der Waals surface area contributed by atoms with Gasteiger partial charge in [0.1, 0.15) is 5.75 Å². The van der Waals surface area contributed by atoms with E-state index in [4.69, 9.17) is 5.11 Å². The number of rotatable bonds is 3. The molecular weight excluding hydrogens is 202 g/mol. The number of phenolic OH excluding ortho intramolecular Hbond substituents is 1. The van der Waals surface area contributed by atoms with E-state index >= 15 is 0 Å². The van der Waals surface area contributed by atoms with Crippen LogP contribution in [0.2, 0.25) is 0 Å². The van der Waals surface area contributed by atoms with Crippen LogP contribution in [0.5, 0.6) is 5.75 Å². The average molecular weight is 217 g/mol. The minimum Gasteiger partial charge on any atom is -0.508 e. The smallest absolute Gasteiger partial charge is 0.226 e. The summed E-state index contributed by atoms with van der Waals surface area (Å²) in [6.07, 6.45) is 3.04. The average Bonchev–Trinajstić information content (AvgIpc) is 2.67. The van der Waals surface area contributed by atoms with Crippen LogP contribution in [0, 0.1) is 5.92 Å². The van der Waals surface area contributed by atoms with Gasteiger partial charge in [-0.1, -0.05) is 12.1 Å². The second-order valence-corrected chi connectivity index (χ2v) is 4.77. The number of hydrogen-bond acceptors (Lipinski definition) is 2. The number of aromatic hydroxyl groups is 1. The first-order valence-electron chi connectivity index (χ1n) is 5.82. The lowest BCUT2D eigenvalue weighted by atomic mass is 9.86. The van der Waals surface area contributed by atoms with E-state index in [0.29, 0.717) is 23.6 Å². The molecule has 0 atom stereocenters. The van der Waals surface area contributed by atoms with Crippen LogP contribution in [0.4, 0.5) is 0 Å². The fourth-order valence-corrected chi connectivity index (χ4v) is 2.66. The summed E-state index contributed by atoms with van der Waals surface area (Å²) in [6, 6.07) is 7.75. The van der Waals surface area contributed by atoms with Gasteiger partial charge in [-0.3, -0.25) is 4.79 Å². The molecule has 3 aliphatic rings. The third-order valence-corrected chi connectivity index (χ3v) is 3.76. The Kier molecular flexibility index (Phi) is 2.13. The summed E-state index contributed by atoms with van der Waals surface area (Å²) >= 11 is 0. The zero-order valence-corrected chi connectivity index (χ0v) is 9.10. The zero-order chi connectivity index (χ0) is 11.1. The van der Waals surface area contributed by atoms with Crippen molar-refractivity contribution >= 4 is 5.91 Å². The minimum atomic E-state index is 0.295. The second kappa shape index (κ2) is 3.51. The van der Waals surface area contributed by atoms with E-state index in [1.165, 1.54) is 5.56 Å². The summed E-state index contributed by atoms with van der Waals surface area (Å²) < 4.78 is 0. The Bertz CT molecular complexity index is 406. The van der Waals surface area contributed by atoms with Gasteiger partial charge in [0.25, 0.3) is 0 Å². The van der Waals surface area contributed by atoms with E-state index in [9.17, 15) is 4.79 Å². The van der Waals surface area contributed by atoms with Crippen LogP contribution in [0.15, 0.2) is 24.3 Å². The summed E-state index contributed by atoms with van der Waals surface area (Å²) in [6.45, 7) is 0.824. The van der Waals surface area contributed by atoms with E-state index in [2.05, 4.69) is 0 Å². The number of amides is 1. The van der Waals surface area contributed by atoms with Crippen molar-refractivity contribution in [1.82, 2.24) is 4.90 Å². The highest BCUT2D eigenvalue weighted by Crippen LogP contribution is 2.41. The predicted molar refractivity (Wildman–Crippen MR) is 60.0 cm³/mol. The molecule has 0 radical (unpaired) electrons. The number of hydrogen-bond donors (Lipinski definition) is 1. The normalized spacial score (nSPS) is 27.0. The van der Waals surface area contributed by atoms with E-state index < -0.39 is 0 Å². The van der Waals surface area contributed by atoms with Gasteiger partial charge >= 0.3 is 0 Å². The van der Waals surface area contributed by atoms with E-state index in [-0.39, 0.29) is 0 Å². The summed E-state index contributed by atoms with van der Waals surface area (Å²) in [5.41, 5.74) is 1.18. The fraction of sp³-hybridized carbons (Fsp3) is 0.462. The standard InChI is InChI=1S/C13H15NO2/c15-12-3-1-9(2-4-12)5-6-14-11-7-10(8-11)13(14)16/h1-4,10-11,15H,5-8H2. The quantitative estimate of drug-likeness (QED) is 0.834. The molecule has 0 unspecified atom stereocenters. The van der Waals surface area contributed by atoms with Crippen molar-refractivity contribution in [1.29, 1.82) is 0 Å². The largest absolute Gasteiger partial charge is 0.508 e. The number of fused-ring (bicyclic) bond motifs is 1. The number of carbonyl (C=O) groups excluding carboxylic acids is 1. The topological polar surface area (TPSA) is 40.5 Å². The molecule has 1 amide bonds. The number of nitrogens with zero attached hydrogens (tertiary/aromatic N) is 1. The molecule has 0 aromatic heterocycles. The highest BCUT2D eigenvalue weighted by atomic mass is 16.3. The summed E-state index contributed by atoms with van der Waals surface area (Å²) in [4.78, 5) is 13.7. The van der Waals surface area contributed by atoms with Gasteiger partial charge in [0.2, 0.25) is 5.91 Å². The molecular formula is C13H15NO2. The highest BCUT2D eigenvalue weighted by Gasteiger charge is 2.49. The Labute approximate surface area is 94.7 Å². The molecule has 1 N–H and O–H groups in total. The molecule has 2 heterocycles. The van der Waals surface area contributed by atoms with Crippen molar-refractivity contribution in [3.63, 3.8) is 0 Å². The fourth-order valence-electron chi connectivity index (χ4n) is 2.66. The van der Waals surface area contributed by atoms with Gasteiger partial charge in [-0.15, -0.1) is 0 Å². The second-order valence-electron chi connectivity index (χ2n) is 4.77. The molecule has 3 nitrogen and oxygen atoms in total. The van der Waals surface area contributed by atoms with Crippen LogP contribution in [-0.4, -0.2) is 28.5 Å². The summed E-state index contributed by atoms with van der Waals surface area (Å²) in [5, 5.41) is 9.16. The molecule has 84 valence electrons. The zero-order valence-electron chi connectivity index (χ0n) is 9.10. The lowest BCUT2D eigenvalue weighted by Crippen LogP contribution is -2.31. The Morgan fingerprint density at radius 1 is 1.25 bits per heavy atom. The maximum atomic E-state index is 11.7. The van der Waals surface area contributed by atoms with Gasteiger partial charge in [-0.2, -0.15) is 0 Å². The predicted octanol–water partition coefficient (Wildman–Crippen LogP) is 1.56. The monoisotopic (exact) mass is 217 g/mol. The SMILES string of the molecule is O=C1C2CC(C2)N1CCc1ccc(O)cc1. The van der Waals surface area contributed by atoms with E-state index in [1.54, 1.807) is 12.1 Å². The van der Waals surface area contributed by atoms with Crippen molar-refractivity contribution in [2.75, 3.05) is 6.54 Å². The van der Waals surface area contributed by atoms with Gasteiger partial charge in [0.05, 0.1) is 0 Å². The van der Waals surface area contributed by atoms with Crippen LogP contribution < -0.4 is 0 Å². The Hall–Kier alpha value is -1.51. The first kappa shape index (κ1) is 9.70. The Morgan fingerprint density at radius 3 is 2.50 bits per heavy atom. The molecule has 4 rings (SSSR count). The van der Waals surface area contributed by atoms with Gasteiger partial charge in [-0.25, -0.2) is 0 Å². The van der Waals surface area contributed by atoms with Gasteiger partial charge < -0.3 is 10.0 Å². The van der Waals surface area contributed by atoms with Gasteiger partial charge in [-0.05, 0) is 37.0 Å². The van der Waals surface area contributed by atoms with Crippen LogP contribution in [0.25, 0.3) is 0 Å². The molecule has 16 heavy (non-hydrogen) atoms. The summed E-state index contributed by atoms with van der Waals surface area (Å²) in [5.74, 6) is 0.983. The van der Waals surface area contributed by atoms with Crippen molar-refractivity contribution < 1.29 is 9.90 Å². The van der Waals surface area contributed by atoms with Crippen LogP contribution in [0.3, 0.4) is 0 Å². The first-order valence-corrected chi connectivity index (χ1v) is 5.82. The Morgan fingerprint density at radius 2 is 1.94 bits per heavy atom. The Balaban J connectivity index is 1.60. The molecule has 3 heteroatoms. The maximum absolute atomic E-state index is 11.7. The van der Waals surface area contributed by atoms with Crippen LogP contribution in [-0.2, 0) is 11.2 Å². The molecule has 1 aromatic carbocycles. The van der Waals surface area contributed by atoms with E-state index in [1.807, 2.05) is 17.0 Å². The molecule has 3 fully saturated rings. The van der Waals surface area contributed by atoms with E-state index in [0.717, 1.165) is 25.8 Å². The van der Waals surface area contributed by atoms with Crippen molar-refractivity contribution in [2.45, 2.75) is 25.3 Å². The lowest BCUT2D eigenvalue weighted by molar-refractivity contribution is -0.128. The third kappa shape index (κ3) is 1.47. The number of phenols is 1. The molecule has 0 spiro atoms. The molecule has 1 aromatic rings. The number of benzene rings is 1. The van der Waals surface area contributed by atoms with Crippen molar-refractivity contribution in [2.24, 2.45) is 5.92 Å². The highest BCUT2D eigenvalue weighted by molar-refractivity contribution is 5.84. The minimum absolute atomic E-state index is 0.295. The van der Waals surface area contributed by atoms with Crippen LogP contribution in [0.1, 0.15) is 18.4 Å². The molecule has 1 aliphatic carbocycles. The lowest BCUT2D eigenvalue weighted by Gasteiger charge is -2.24.